The number of hydrogen-bond donors (Lipinski definition) is 2. The molecule has 0 unspecified atom stereocenters. The molecule has 2 aromatic carbocycles. The predicted molar refractivity (Wildman–Crippen MR) is 93.9 cm³/mol. The number of nitrogens with zero attached hydrogens (tertiary/aromatic N) is 1. The van der Waals surface area contributed by atoms with Crippen molar-refractivity contribution >= 4 is 23.4 Å². The van der Waals surface area contributed by atoms with Crippen molar-refractivity contribution < 1.29 is 18.0 Å². The molecule has 0 spiro atoms. The van der Waals surface area contributed by atoms with Crippen molar-refractivity contribution in [3.05, 3.63) is 59.2 Å². The quantitative estimate of drug-likeness (QED) is 0.776. The molecule has 26 heavy (non-hydrogen) atoms. The average Bonchev–Trinajstić information content (AvgIpc) is 2.59. The van der Waals surface area contributed by atoms with Crippen LogP contribution in [-0.4, -0.2) is 18.0 Å². The number of nitrogens with two attached hydrogens (primary N) is 1. The maximum atomic E-state index is 12.5. The number of thioether (sulfide) groups is 1. The van der Waals surface area contributed by atoms with Crippen LogP contribution in [0.2, 0.25) is 0 Å². The predicted octanol–water partition coefficient (Wildman–Crippen LogP) is 3.95. The van der Waals surface area contributed by atoms with Crippen LogP contribution in [0.25, 0.3) is 0 Å². The van der Waals surface area contributed by atoms with Gasteiger partial charge in [-0.2, -0.15) is 13.2 Å². The number of benzene rings is 2. The second kappa shape index (κ2) is 6.21. The largest absolute Gasteiger partial charge is 0.446 e. The zero-order chi connectivity index (χ0) is 18.5. The van der Waals surface area contributed by atoms with Gasteiger partial charge in [0.15, 0.2) is 0 Å². The van der Waals surface area contributed by atoms with Gasteiger partial charge in [-0.15, -0.1) is 0 Å². The van der Waals surface area contributed by atoms with E-state index < -0.39 is 11.7 Å². The topological polar surface area (TPSA) is 58.4 Å². The number of anilines is 1. The number of hydrogen-bond acceptors (Lipinski definition) is 4. The molecule has 8 heteroatoms. The van der Waals surface area contributed by atoms with E-state index in [0.29, 0.717) is 12.1 Å². The Labute approximate surface area is 152 Å². The monoisotopic (exact) mass is 379 g/mol. The summed E-state index contributed by atoms with van der Waals surface area (Å²) in [5, 5.41) is 2.95. The molecule has 4 nitrogen and oxygen atoms in total. The minimum absolute atomic E-state index is 0.116. The van der Waals surface area contributed by atoms with Gasteiger partial charge in [0.2, 0.25) is 0 Å². The molecule has 2 aliphatic rings. The van der Waals surface area contributed by atoms with Crippen molar-refractivity contribution in [1.82, 2.24) is 5.32 Å². The fraction of sp³-hybridized carbons (Fsp3) is 0.278. The van der Waals surface area contributed by atoms with Crippen LogP contribution >= 0.6 is 11.8 Å². The highest BCUT2D eigenvalue weighted by atomic mass is 32.2. The summed E-state index contributed by atoms with van der Waals surface area (Å²) in [6.07, 6.45) is 0.318. The van der Waals surface area contributed by atoms with Crippen LogP contribution in [0.5, 0.6) is 0 Å². The van der Waals surface area contributed by atoms with Gasteiger partial charge in [0.25, 0.3) is 5.91 Å². The fourth-order valence-electron chi connectivity index (χ4n) is 3.56. The van der Waals surface area contributed by atoms with Crippen molar-refractivity contribution in [2.24, 2.45) is 5.73 Å². The van der Waals surface area contributed by atoms with E-state index in [1.165, 1.54) is 12.1 Å². The highest BCUT2D eigenvalue weighted by molar-refractivity contribution is 8.00. The third-order valence-corrected chi connectivity index (χ3v) is 5.43. The Morgan fingerprint density at radius 2 is 1.88 bits per heavy atom. The van der Waals surface area contributed by atoms with E-state index in [4.69, 9.17) is 5.73 Å². The third kappa shape index (κ3) is 3.03. The molecular formula is C18H16F3N3OS. The Kier molecular flexibility index (Phi) is 4.11. The lowest BCUT2D eigenvalue weighted by Crippen LogP contribution is -2.49. The smallest absolute Gasteiger partial charge is 0.346 e. The number of alkyl halides is 3. The normalized spacial score (nSPS) is 22.0. The summed E-state index contributed by atoms with van der Waals surface area (Å²) in [7, 11) is 0. The lowest BCUT2D eigenvalue weighted by molar-refractivity contribution is -0.0328. The Hall–Kier alpha value is -2.19. The number of carbonyl (C=O) groups is 1. The molecule has 2 heterocycles. The van der Waals surface area contributed by atoms with E-state index in [-0.39, 0.29) is 28.6 Å². The van der Waals surface area contributed by atoms with Gasteiger partial charge in [-0.1, -0.05) is 24.3 Å². The molecule has 0 saturated carbocycles. The minimum Gasteiger partial charge on any atom is -0.346 e. The van der Waals surface area contributed by atoms with E-state index >= 15 is 0 Å². The molecule has 0 aromatic heterocycles. The minimum atomic E-state index is -4.32. The van der Waals surface area contributed by atoms with Gasteiger partial charge >= 0.3 is 5.51 Å². The van der Waals surface area contributed by atoms with Crippen molar-refractivity contribution in [2.75, 3.05) is 11.4 Å². The molecule has 2 aromatic rings. The van der Waals surface area contributed by atoms with Crippen molar-refractivity contribution in [3.8, 4) is 0 Å². The molecule has 0 radical (unpaired) electrons. The second-order valence-electron chi connectivity index (χ2n) is 6.32. The summed E-state index contributed by atoms with van der Waals surface area (Å²) < 4.78 is 37.5. The zero-order valence-corrected chi connectivity index (χ0v) is 14.4. The molecule has 136 valence electrons. The van der Waals surface area contributed by atoms with Crippen LogP contribution < -0.4 is 16.0 Å². The number of para-hydroxylation sites is 1. The first-order chi connectivity index (χ1) is 12.3. The molecule has 0 aliphatic carbocycles. The highest BCUT2D eigenvalue weighted by Crippen LogP contribution is 2.42. The maximum absolute atomic E-state index is 12.5. The van der Waals surface area contributed by atoms with Crippen LogP contribution in [0.1, 0.15) is 40.1 Å². The number of amides is 1. The number of carbonyl (C=O) groups excluding carboxylic acids is 1. The van der Waals surface area contributed by atoms with Crippen LogP contribution in [0, 0.1) is 0 Å². The Balaban J connectivity index is 1.69. The van der Waals surface area contributed by atoms with E-state index in [1.54, 1.807) is 18.2 Å². The molecule has 2 aliphatic heterocycles. The first-order valence-electron chi connectivity index (χ1n) is 8.15. The highest BCUT2D eigenvalue weighted by Gasteiger charge is 2.37. The standard InChI is InChI=1S/C18H16F3N3OS/c19-18(20,21)26-11-6-4-10(5-7-11)16-23-17(25)13-3-1-2-12-14(22)8-9-24(16)15(12)13/h1-7,14,16H,8-9,22H2,(H,23,25)/t14-,16-/m1/s1. The molecule has 2 atom stereocenters. The number of rotatable bonds is 2. The first-order valence-corrected chi connectivity index (χ1v) is 8.97. The van der Waals surface area contributed by atoms with Crippen molar-refractivity contribution in [1.29, 1.82) is 0 Å². The van der Waals surface area contributed by atoms with Gasteiger partial charge in [-0.3, -0.25) is 4.79 Å². The van der Waals surface area contributed by atoms with Crippen LogP contribution in [0.15, 0.2) is 47.4 Å². The van der Waals surface area contributed by atoms with Gasteiger partial charge in [0.05, 0.1) is 11.3 Å². The summed E-state index contributed by atoms with van der Waals surface area (Å²) in [5.41, 5.74) is 4.95. The van der Waals surface area contributed by atoms with Crippen LogP contribution in [0.4, 0.5) is 18.9 Å². The van der Waals surface area contributed by atoms with Gasteiger partial charge in [-0.05, 0) is 47.5 Å². The van der Waals surface area contributed by atoms with E-state index in [1.807, 2.05) is 12.1 Å². The molecular weight excluding hydrogens is 363 g/mol. The van der Waals surface area contributed by atoms with Gasteiger partial charge < -0.3 is 16.0 Å². The Bertz CT molecular complexity index is 854. The SMILES string of the molecule is N[C@@H]1CCN2c3c(cccc31)C(=O)N[C@H]2c1ccc(SC(F)(F)F)cc1. The molecule has 4 rings (SSSR count). The number of nitrogens with one attached hydrogen (secondary N) is 1. The lowest BCUT2D eigenvalue weighted by atomic mass is 9.90. The van der Waals surface area contributed by atoms with Crippen LogP contribution in [-0.2, 0) is 0 Å². The maximum Gasteiger partial charge on any atom is 0.446 e. The molecule has 0 bridgehead atoms. The Morgan fingerprint density at radius 3 is 2.58 bits per heavy atom. The summed E-state index contributed by atoms with van der Waals surface area (Å²) in [6.45, 7) is 0.662. The summed E-state index contributed by atoms with van der Waals surface area (Å²) >= 11 is -0.152. The van der Waals surface area contributed by atoms with E-state index in [9.17, 15) is 18.0 Å². The molecule has 0 saturated heterocycles. The lowest BCUT2D eigenvalue weighted by Gasteiger charge is -2.44. The molecule has 1 amide bonds. The molecule has 3 N–H and O–H groups in total. The van der Waals surface area contributed by atoms with Gasteiger partial charge in [0, 0.05) is 17.5 Å². The fourth-order valence-corrected chi connectivity index (χ4v) is 4.10. The van der Waals surface area contributed by atoms with Crippen molar-refractivity contribution in [2.45, 2.75) is 29.0 Å². The number of halogens is 3. The van der Waals surface area contributed by atoms with Gasteiger partial charge in [0.1, 0.15) is 6.17 Å². The third-order valence-electron chi connectivity index (χ3n) is 4.69. The summed E-state index contributed by atoms with van der Waals surface area (Å²) in [6, 6.07) is 11.5. The van der Waals surface area contributed by atoms with Gasteiger partial charge in [-0.25, -0.2) is 0 Å². The zero-order valence-electron chi connectivity index (χ0n) is 13.6. The van der Waals surface area contributed by atoms with Crippen molar-refractivity contribution in [3.63, 3.8) is 0 Å². The Morgan fingerprint density at radius 1 is 1.15 bits per heavy atom. The van der Waals surface area contributed by atoms with E-state index in [0.717, 1.165) is 23.2 Å². The summed E-state index contributed by atoms with van der Waals surface area (Å²) in [4.78, 5) is 14.7. The first kappa shape index (κ1) is 17.2. The van der Waals surface area contributed by atoms with E-state index in [2.05, 4.69) is 10.2 Å². The summed E-state index contributed by atoms with van der Waals surface area (Å²) in [5.74, 6) is -0.203. The second-order valence-corrected chi connectivity index (χ2v) is 7.46. The molecule has 0 fully saturated rings. The average molecular weight is 379 g/mol. The van der Waals surface area contributed by atoms with Crippen LogP contribution in [0.3, 0.4) is 0 Å².